The molecule has 0 unspecified atom stereocenters. The summed E-state index contributed by atoms with van der Waals surface area (Å²) in [5.74, 6) is -0.189. The van der Waals surface area contributed by atoms with Gasteiger partial charge in [0, 0.05) is 6.04 Å². The summed E-state index contributed by atoms with van der Waals surface area (Å²) >= 11 is 0. The summed E-state index contributed by atoms with van der Waals surface area (Å²) in [4.78, 5) is 11.5. The fourth-order valence-corrected chi connectivity index (χ4v) is 2.71. The lowest BCUT2D eigenvalue weighted by Crippen LogP contribution is -2.51. The molecule has 0 spiro atoms. The molecule has 1 fully saturated rings. The Morgan fingerprint density at radius 2 is 2.00 bits per heavy atom. The molecule has 0 aromatic rings. The van der Waals surface area contributed by atoms with E-state index >= 15 is 0 Å². The second-order valence-electron chi connectivity index (χ2n) is 5.42. The molecule has 2 atom stereocenters. The van der Waals surface area contributed by atoms with Gasteiger partial charge in [0.1, 0.15) is 5.60 Å². The van der Waals surface area contributed by atoms with Crippen LogP contribution in [0.3, 0.4) is 0 Å². The zero-order chi connectivity index (χ0) is 13.3. The Morgan fingerprint density at radius 1 is 1.41 bits per heavy atom. The van der Waals surface area contributed by atoms with Crippen molar-refractivity contribution < 1.29 is 17.9 Å². The normalized spacial score (nSPS) is 24.9. The minimum Gasteiger partial charge on any atom is -0.444 e. The lowest BCUT2D eigenvalue weighted by atomic mass is 9.81. The van der Waals surface area contributed by atoms with Crippen molar-refractivity contribution in [2.75, 3.05) is 5.75 Å². The summed E-state index contributed by atoms with van der Waals surface area (Å²) in [6.07, 6.45) is 1.01. The van der Waals surface area contributed by atoms with E-state index < -0.39 is 21.7 Å². The van der Waals surface area contributed by atoms with Gasteiger partial charge in [0.2, 0.25) is 10.0 Å². The maximum Gasteiger partial charge on any atom is 0.407 e. The third-order valence-electron chi connectivity index (χ3n) is 2.57. The second kappa shape index (κ2) is 4.81. The van der Waals surface area contributed by atoms with Crippen LogP contribution in [0.4, 0.5) is 4.79 Å². The topological polar surface area (TPSA) is 98.5 Å². The number of carbonyl (C=O) groups is 1. The van der Waals surface area contributed by atoms with Crippen LogP contribution in [0.1, 0.15) is 33.6 Å². The van der Waals surface area contributed by atoms with Crippen molar-refractivity contribution in [2.24, 2.45) is 11.1 Å². The van der Waals surface area contributed by atoms with Crippen molar-refractivity contribution in [1.29, 1.82) is 0 Å². The van der Waals surface area contributed by atoms with E-state index in [9.17, 15) is 13.2 Å². The highest BCUT2D eigenvalue weighted by Crippen LogP contribution is 2.28. The Bertz CT molecular complexity index is 386. The van der Waals surface area contributed by atoms with Gasteiger partial charge >= 0.3 is 6.09 Å². The molecule has 7 heteroatoms. The van der Waals surface area contributed by atoms with Crippen LogP contribution >= 0.6 is 0 Å². The van der Waals surface area contributed by atoms with Crippen LogP contribution in [-0.4, -0.2) is 31.9 Å². The van der Waals surface area contributed by atoms with Crippen LogP contribution in [0, 0.1) is 5.92 Å². The smallest absolute Gasteiger partial charge is 0.407 e. The Labute approximate surface area is 102 Å². The van der Waals surface area contributed by atoms with Crippen molar-refractivity contribution in [3.63, 3.8) is 0 Å². The number of nitrogens with two attached hydrogens (primary N) is 1. The van der Waals surface area contributed by atoms with Gasteiger partial charge in [-0.2, -0.15) is 0 Å². The Morgan fingerprint density at radius 3 is 2.35 bits per heavy atom. The predicted octanol–water partition coefficient (Wildman–Crippen LogP) is 0.578. The number of primary sulfonamides is 1. The molecule has 1 saturated carbocycles. The number of hydrogen-bond donors (Lipinski definition) is 2. The lowest BCUT2D eigenvalue weighted by Gasteiger charge is -2.36. The number of hydrogen-bond acceptors (Lipinski definition) is 4. The highest BCUT2D eigenvalue weighted by atomic mass is 32.2. The van der Waals surface area contributed by atoms with Crippen LogP contribution < -0.4 is 10.5 Å². The molecule has 0 aromatic heterocycles. The van der Waals surface area contributed by atoms with Crippen LogP contribution in [-0.2, 0) is 14.8 Å². The Hall–Kier alpha value is -0.820. The van der Waals surface area contributed by atoms with Gasteiger partial charge in [-0.1, -0.05) is 0 Å². The summed E-state index contributed by atoms with van der Waals surface area (Å²) in [5.41, 5.74) is -0.552. The number of carbonyl (C=O) groups excluding carboxylic acids is 1. The molecule has 6 nitrogen and oxygen atoms in total. The Balaban J connectivity index is 2.41. The first kappa shape index (κ1) is 14.2. The van der Waals surface area contributed by atoms with E-state index in [2.05, 4.69) is 5.32 Å². The number of sulfonamides is 1. The van der Waals surface area contributed by atoms with Crippen LogP contribution in [0.2, 0.25) is 0 Å². The number of rotatable bonds is 3. The van der Waals surface area contributed by atoms with E-state index in [-0.39, 0.29) is 17.7 Å². The van der Waals surface area contributed by atoms with Crippen molar-refractivity contribution in [3.8, 4) is 0 Å². The molecule has 1 rings (SSSR count). The average Bonchev–Trinajstić information content (AvgIpc) is 2.05. The molecule has 1 amide bonds. The monoisotopic (exact) mass is 264 g/mol. The first-order valence-electron chi connectivity index (χ1n) is 5.57. The molecule has 1 aliphatic rings. The summed E-state index contributed by atoms with van der Waals surface area (Å²) < 4.78 is 26.9. The number of nitrogens with one attached hydrogen (secondary N) is 1. The molecule has 0 aromatic carbocycles. The maximum absolute atomic E-state index is 11.5. The van der Waals surface area contributed by atoms with Gasteiger partial charge < -0.3 is 10.1 Å². The number of alkyl carbamates (subject to hydrolysis) is 1. The Kier molecular flexibility index (Phi) is 4.03. The van der Waals surface area contributed by atoms with Gasteiger partial charge in [-0.3, -0.25) is 0 Å². The third-order valence-corrected chi connectivity index (χ3v) is 3.46. The molecule has 3 N–H and O–H groups in total. The van der Waals surface area contributed by atoms with Crippen molar-refractivity contribution in [2.45, 2.75) is 45.3 Å². The molecular formula is C10H20N2O4S. The molecular weight excluding hydrogens is 244 g/mol. The second-order valence-corrected chi connectivity index (χ2v) is 7.08. The van der Waals surface area contributed by atoms with E-state index in [0.29, 0.717) is 0 Å². The van der Waals surface area contributed by atoms with E-state index in [0.717, 1.165) is 12.8 Å². The summed E-state index contributed by atoms with van der Waals surface area (Å²) in [6.45, 7) is 5.32. The first-order chi connectivity index (χ1) is 7.57. The van der Waals surface area contributed by atoms with Gasteiger partial charge in [-0.15, -0.1) is 0 Å². The van der Waals surface area contributed by atoms with Gasteiger partial charge in [0.25, 0.3) is 0 Å². The van der Waals surface area contributed by atoms with Crippen molar-refractivity contribution >= 4 is 16.1 Å². The highest BCUT2D eigenvalue weighted by molar-refractivity contribution is 7.89. The van der Waals surface area contributed by atoms with E-state index in [1.807, 2.05) is 0 Å². The van der Waals surface area contributed by atoms with E-state index in [1.54, 1.807) is 20.8 Å². The quantitative estimate of drug-likeness (QED) is 0.778. The molecule has 0 aliphatic heterocycles. The standard InChI is InChI=1S/C10H20N2O4S/c1-10(2,3)16-9(13)12-8-5-4-7(8)6-17(11,14)15/h7-8H,4-6H2,1-3H3,(H,12,13)(H2,11,14,15)/t7-,8-/m0/s1. The van der Waals surface area contributed by atoms with Crippen molar-refractivity contribution in [1.82, 2.24) is 5.32 Å². The van der Waals surface area contributed by atoms with Crippen molar-refractivity contribution in [3.05, 3.63) is 0 Å². The lowest BCUT2D eigenvalue weighted by molar-refractivity contribution is 0.0446. The molecule has 0 heterocycles. The number of amides is 1. The van der Waals surface area contributed by atoms with Gasteiger partial charge in [-0.05, 0) is 39.5 Å². The summed E-state index contributed by atoms with van der Waals surface area (Å²) in [6, 6.07) is -0.150. The van der Waals surface area contributed by atoms with Gasteiger partial charge in [0.05, 0.1) is 5.75 Å². The van der Waals surface area contributed by atoms with Crippen LogP contribution in [0.5, 0.6) is 0 Å². The van der Waals surface area contributed by atoms with E-state index in [1.165, 1.54) is 0 Å². The van der Waals surface area contributed by atoms with Gasteiger partial charge in [-0.25, -0.2) is 18.4 Å². The van der Waals surface area contributed by atoms with Gasteiger partial charge in [0.15, 0.2) is 0 Å². The summed E-state index contributed by atoms with van der Waals surface area (Å²) in [5, 5.41) is 7.63. The highest BCUT2D eigenvalue weighted by Gasteiger charge is 2.35. The molecule has 17 heavy (non-hydrogen) atoms. The first-order valence-corrected chi connectivity index (χ1v) is 7.28. The minimum absolute atomic E-state index is 0.0898. The average molecular weight is 264 g/mol. The van der Waals surface area contributed by atoms with Crippen LogP contribution in [0.15, 0.2) is 0 Å². The molecule has 0 radical (unpaired) electrons. The van der Waals surface area contributed by atoms with E-state index in [4.69, 9.17) is 9.88 Å². The third kappa shape index (κ3) is 5.36. The fourth-order valence-electron chi connectivity index (χ4n) is 1.72. The van der Waals surface area contributed by atoms with Crippen LogP contribution in [0.25, 0.3) is 0 Å². The summed E-state index contributed by atoms with van der Waals surface area (Å²) in [7, 11) is -3.48. The largest absolute Gasteiger partial charge is 0.444 e. The molecule has 1 aliphatic carbocycles. The molecule has 0 saturated heterocycles. The number of ether oxygens (including phenoxy) is 1. The maximum atomic E-state index is 11.5. The zero-order valence-electron chi connectivity index (χ0n) is 10.4. The molecule has 100 valence electrons. The SMILES string of the molecule is CC(C)(C)OC(=O)N[C@H]1CC[C@H]1CS(N)(=O)=O. The fraction of sp³-hybridized carbons (Fsp3) is 0.900. The zero-order valence-corrected chi connectivity index (χ0v) is 11.2. The molecule has 0 bridgehead atoms. The predicted molar refractivity (Wildman–Crippen MR) is 63.9 cm³/mol. The minimum atomic E-state index is -3.48.